The topological polar surface area (TPSA) is 90.9 Å². The summed E-state index contributed by atoms with van der Waals surface area (Å²) in [4.78, 5) is 39.7. The number of esters is 2. The van der Waals surface area contributed by atoms with Gasteiger partial charge >= 0.3 is 11.9 Å². The van der Waals surface area contributed by atoms with Crippen LogP contribution in [0.15, 0.2) is 64.3 Å². The van der Waals surface area contributed by atoms with E-state index in [-0.39, 0.29) is 24.9 Å². The van der Waals surface area contributed by atoms with Crippen LogP contribution >= 0.6 is 11.3 Å². The van der Waals surface area contributed by atoms with Gasteiger partial charge < -0.3 is 19.5 Å². The van der Waals surface area contributed by atoms with Gasteiger partial charge in [-0.15, -0.1) is 11.3 Å². The van der Waals surface area contributed by atoms with Gasteiger partial charge in [0.15, 0.2) is 5.78 Å². The predicted octanol–water partition coefficient (Wildman–Crippen LogP) is 4.09. The monoisotopic (exact) mass is 481 g/mol. The highest BCUT2D eigenvalue weighted by Crippen LogP contribution is 2.46. The van der Waals surface area contributed by atoms with E-state index in [1.54, 1.807) is 35.6 Å². The van der Waals surface area contributed by atoms with E-state index in [2.05, 4.69) is 11.4 Å². The Hall–Kier alpha value is -3.23. The second-order valence-corrected chi connectivity index (χ2v) is 9.25. The highest BCUT2D eigenvalue weighted by molar-refractivity contribution is 7.10. The highest BCUT2D eigenvalue weighted by atomic mass is 32.1. The Morgan fingerprint density at radius 3 is 2.47 bits per heavy atom. The minimum atomic E-state index is -0.588. The lowest BCUT2D eigenvalue weighted by Gasteiger charge is -2.36. The van der Waals surface area contributed by atoms with E-state index in [1.807, 2.05) is 18.4 Å². The summed E-state index contributed by atoms with van der Waals surface area (Å²) in [6.45, 7) is 2.21. The van der Waals surface area contributed by atoms with Crippen LogP contribution in [-0.2, 0) is 23.8 Å². The highest BCUT2D eigenvalue weighted by Gasteiger charge is 2.41. The number of carbonyl (C=O) groups excluding carboxylic acids is 3. The normalized spacial score (nSPS) is 20.0. The summed E-state index contributed by atoms with van der Waals surface area (Å²) in [6, 6.07) is 10.9. The Labute approximate surface area is 202 Å². The molecule has 2 atom stereocenters. The number of rotatable bonds is 7. The molecule has 4 rings (SSSR count). The third-order valence-corrected chi connectivity index (χ3v) is 7.21. The van der Waals surface area contributed by atoms with Crippen LogP contribution in [0.2, 0.25) is 0 Å². The minimum Gasteiger partial charge on any atom is -0.465 e. The van der Waals surface area contributed by atoms with Crippen LogP contribution in [0.5, 0.6) is 0 Å². The molecular weight excluding hydrogens is 454 g/mol. The Morgan fingerprint density at radius 1 is 1.06 bits per heavy atom. The number of methoxy groups -OCH3 is 2. The van der Waals surface area contributed by atoms with Crippen LogP contribution < -0.4 is 5.32 Å². The maximum absolute atomic E-state index is 13.5. The number of thiophene rings is 1. The molecule has 178 valence electrons. The van der Waals surface area contributed by atoms with E-state index in [9.17, 15) is 14.4 Å². The number of hydrogen-bond donors (Lipinski definition) is 1. The summed E-state index contributed by atoms with van der Waals surface area (Å²) in [5.41, 5.74) is 3.60. The second-order valence-electron chi connectivity index (χ2n) is 8.27. The fourth-order valence-corrected chi connectivity index (χ4v) is 5.42. The van der Waals surface area contributed by atoms with Crippen molar-refractivity contribution in [1.29, 1.82) is 0 Å². The first-order chi connectivity index (χ1) is 16.4. The zero-order valence-corrected chi connectivity index (χ0v) is 20.2. The third kappa shape index (κ3) is 4.69. The molecule has 1 aromatic carbocycles. The van der Waals surface area contributed by atoms with Crippen molar-refractivity contribution in [3.8, 4) is 0 Å². The summed E-state index contributed by atoms with van der Waals surface area (Å²) in [6.07, 6.45) is 1.06. The van der Waals surface area contributed by atoms with Gasteiger partial charge in [-0.25, -0.2) is 9.59 Å². The number of carbonyl (C=O) groups is 3. The van der Waals surface area contributed by atoms with Crippen molar-refractivity contribution in [2.24, 2.45) is 0 Å². The molecule has 2 heterocycles. The second kappa shape index (κ2) is 10.4. The first-order valence-corrected chi connectivity index (χ1v) is 11.9. The van der Waals surface area contributed by atoms with E-state index in [0.29, 0.717) is 35.2 Å². The van der Waals surface area contributed by atoms with Crippen LogP contribution in [0.3, 0.4) is 0 Å². The molecule has 1 aliphatic heterocycles. The van der Waals surface area contributed by atoms with Gasteiger partial charge in [0.25, 0.3) is 0 Å². The van der Waals surface area contributed by atoms with Gasteiger partial charge in [0.05, 0.1) is 24.9 Å². The number of benzene rings is 1. The first-order valence-electron chi connectivity index (χ1n) is 11.1. The molecule has 1 aliphatic carbocycles. The molecule has 0 fully saturated rings. The van der Waals surface area contributed by atoms with Crippen molar-refractivity contribution >= 4 is 29.1 Å². The molecule has 0 radical (unpaired) electrons. The molecule has 1 aromatic heterocycles. The number of dihydropyridines is 1. The average Bonchev–Trinajstić information content (AvgIpc) is 3.38. The molecular formula is C26H27NO6S. The van der Waals surface area contributed by atoms with Crippen LogP contribution in [0.4, 0.5) is 0 Å². The maximum atomic E-state index is 13.5. The smallest absolute Gasteiger partial charge is 0.337 e. The molecule has 0 saturated carbocycles. The summed E-state index contributed by atoms with van der Waals surface area (Å²) in [5.74, 6) is -1.43. The van der Waals surface area contributed by atoms with E-state index in [0.717, 1.165) is 11.3 Å². The van der Waals surface area contributed by atoms with E-state index < -0.39 is 17.9 Å². The van der Waals surface area contributed by atoms with Crippen LogP contribution in [0.25, 0.3) is 0 Å². The molecule has 0 unspecified atom stereocenters. The summed E-state index contributed by atoms with van der Waals surface area (Å²) >= 11 is 1.65. The standard InChI is InChI=1S/C26H27NO6S/c1-15-22(26(30)33-11-10-31-2)23(16-6-8-17(9-7-16)25(29)32-3)24-19(27-15)13-18(14-20(24)28)21-5-4-12-34-21/h4-9,12,18,23,27H,10-11,13-14H2,1-3H3/t18-,23-/m1/s1. The van der Waals surface area contributed by atoms with Crippen molar-refractivity contribution in [3.63, 3.8) is 0 Å². The zero-order valence-electron chi connectivity index (χ0n) is 19.4. The lowest BCUT2D eigenvalue weighted by molar-refractivity contribution is -0.140. The minimum absolute atomic E-state index is 0.00360. The molecule has 34 heavy (non-hydrogen) atoms. The van der Waals surface area contributed by atoms with Gasteiger partial charge in [0, 0.05) is 47.2 Å². The number of ketones is 1. The Bertz CT molecular complexity index is 1150. The number of ether oxygens (including phenoxy) is 3. The van der Waals surface area contributed by atoms with Crippen molar-refractivity contribution < 1.29 is 28.6 Å². The number of allylic oxidation sites excluding steroid dienone is 3. The largest absolute Gasteiger partial charge is 0.465 e. The first kappa shape index (κ1) is 23.9. The van der Waals surface area contributed by atoms with Crippen LogP contribution in [0, 0.1) is 0 Å². The van der Waals surface area contributed by atoms with Crippen LogP contribution in [0.1, 0.15) is 52.4 Å². The average molecular weight is 482 g/mol. The van der Waals surface area contributed by atoms with Gasteiger partial charge in [-0.05, 0) is 42.5 Å². The van der Waals surface area contributed by atoms with Gasteiger partial charge in [0.2, 0.25) is 0 Å². The van der Waals surface area contributed by atoms with Gasteiger partial charge in [-0.1, -0.05) is 18.2 Å². The fraction of sp³-hybridized carbons (Fsp3) is 0.346. The summed E-state index contributed by atoms with van der Waals surface area (Å²) < 4.78 is 15.2. The molecule has 7 nitrogen and oxygen atoms in total. The molecule has 2 aromatic rings. The maximum Gasteiger partial charge on any atom is 0.337 e. The van der Waals surface area contributed by atoms with E-state index >= 15 is 0 Å². The molecule has 2 aliphatic rings. The Kier molecular flexibility index (Phi) is 7.29. The third-order valence-electron chi connectivity index (χ3n) is 6.18. The van der Waals surface area contributed by atoms with Crippen LogP contribution in [-0.4, -0.2) is 45.2 Å². The molecule has 0 saturated heterocycles. The van der Waals surface area contributed by atoms with Crippen molar-refractivity contribution in [3.05, 3.63) is 80.3 Å². The van der Waals surface area contributed by atoms with E-state index in [1.165, 1.54) is 19.1 Å². The molecule has 0 spiro atoms. The lowest BCUT2D eigenvalue weighted by Crippen LogP contribution is -2.36. The number of nitrogens with one attached hydrogen (secondary N) is 1. The zero-order chi connectivity index (χ0) is 24.2. The summed E-state index contributed by atoms with van der Waals surface area (Å²) in [7, 11) is 2.86. The predicted molar refractivity (Wildman–Crippen MR) is 128 cm³/mol. The van der Waals surface area contributed by atoms with Crippen molar-refractivity contribution in [1.82, 2.24) is 5.32 Å². The van der Waals surface area contributed by atoms with Gasteiger partial charge in [0.1, 0.15) is 6.61 Å². The number of Topliss-reactive ketones (excluding diaryl/α,β-unsaturated/α-hetero) is 1. The summed E-state index contributed by atoms with van der Waals surface area (Å²) in [5, 5.41) is 5.35. The van der Waals surface area contributed by atoms with E-state index in [4.69, 9.17) is 14.2 Å². The number of hydrogen-bond acceptors (Lipinski definition) is 8. The Morgan fingerprint density at radius 2 is 1.82 bits per heavy atom. The lowest BCUT2D eigenvalue weighted by atomic mass is 9.72. The molecule has 0 bridgehead atoms. The SMILES string of the molecule is COCCOC(=O)C1=C(C)NC2=C(C(=O)C[C@H](c3cccs3)C2)[C@@H]1c1ccc(C(=O)OC)cc1. The Balaban J connectivity index is 1.75. The van der Waals surface area contributed by atoms with Crippen molar-refractivity contribution in [2.75, 3.05) is 27.4 Å². The van der Waals surface area contributed by atoms with Crippen molar-refractivity contribution in [2.45, 2.75) is 31.6 Å². The quantitative estimate of drug-likeness (QED) is 0.471. The fourth-order valence-electron chi connectivity index (χ4n) is 4.59. The molecule has 8 heteroatoms. The molecule has 1 N–H and O–H groups in total. The van der Waals surface area contributed by atoms with Gasteiger partial charge in [-0.2, -0.15) is 0 Å². The van der Waals surface area contributed by atoms with Gasteiger partial charge in [-0.3, -0.25) is 4.79 Å². The molecule has 0 amide bonds.